The van der Waals surface area contributed by atoms with Crippen LogP contribution in [-0.2, 0) is 16.1 Å². The summed E-state index contributed by atoms with van der Waals surface area (Å²) in [6.45, 7) is -0.109. The van der Waals surface area contributed by atoms with Crippen LogP contribution in [0.2, 0.25) is 0 Å². The summed E-state index contributed by atoms with van der Waals surface area (Å²) in [6.07, 6.45) is 1.52. The average Bonchev–Trinajstić information content (AvgIpc) is 3.34. The first-order valence-corrected chi connectivity index (χ1v) is 10.3. The van der Waals surface area contributed by atoms with Gasteiger partial charge in [0.25, 0.3) is 0 Å². The van der Waals surface area contributed by atoms with Gasteiger partial charge in [0.2, 0.25) is 11.8 Å². The normalized spacial score (nSPS) is 15.6. The number of aromatic nitrogens is 3. The molecule has 1 aliphatic heterocycles. The lowest BCUT2D eigenvalue weighted by atomic mass is 10.1. The van der Waals surface area contributed by atoms with E-state index in [4.69, 9.17) is 4.74 Å². The summed E-state index contributed by atoms with van der Waals surface area (Å²) >= 11 is 0. The molecule has 1 aromatic heterocycles. The van der Waals surface area contributed by atoms with Crippen LogP contribution in [0.15, 0.2) is 61.2 Å². The number of piperazine rings is 1. The highest BCUT2D eigenvalue weighted by molar-refractivity contribution is 5.97. The molecule has 12 heteroatoms. The zero-order valence-electron chi connectivity index (χ0n) is 17.9. The highest BCUT2D eigenvalue weighted by Crippen LogP contribution is 2.23. The van der Waals surface area contributed by atoms with E-state index in [9.17, 15) is 23.9 Å². The Kier molecular flexibility index (Phi) is 6.67. The summed E-state index contributed by atoms with van der Waals surface area (Å²) in [6, 6.07) is 11.0. The standard InChI is InChI=1S/C22H21FN6O5/c23-15-1-5-17(6-2-15)34-18-7-3-16(4-8-18)26-21(31)19-11-27(22(32)33)9-10-29(19)20(30)12-28-14-24-13-25-28/h1-8,13-14,19H,9-12H2,(H,26,31)(H,32,33). The molecule has 176 valence electrons. The molecule has 1 aliphatic rings. The Bertz CT molecular complexity index is 1150. The molecule has 4 rings (SSSR count). The number of anilines is 1. The van der Waals surface area contributed by atoms with Crippen LogP contribution in [-0.4, -0.2) is 73.3 Å². The van der Waals surface area contributed by atoms with Crippen molar-refractivity contribution in [3.63, 3.8) is 0 Å². The zero-order valence-corrected chi connectivity index (χ0v) is 17.9. The minimum absolute atomic E-state index is 0.0718. The van der Waals surface area contributed by atoms with E-state index >= 15 is 0 Å². The molecule has 0 aliphatic carbocycles. The molecule has 2 N–H and O–H groups in total. The number of carbonyl (C=O) groups excluding carboxylic acids is 2. The molecule has 2 aromatic carbocycles. The molecule has 1 atom stereocenters. The summed E-state index contributed by atoms with van der Waals surface area (Å²) in [5, 5.41) is 16.0. The Labute approximate surface area is 193 Å². The summed E-state index contributed by atoms with van der Waals surface area (Å²) in [4.78, 5) is 43.5. The number of hydrogen-bond donors (Lipinski definition) is 2. The van der Waals surface area contributed by atoms with Crippen LogP contribution in [0.1, 0.15) is 0 Å². The predicted molar refractivity (Wildman–Crippen MR) is 117 cm³/mol. The smallest absolute Gasteiger partial charge is 0.407 e. The van der Waals surface area contributed by atoms with Crippen molar-refractivity contribution in [3.05, 3.63) is 67.0 Å². The second kappa shape index (κ2) is 9.98. The monoisotopic (exact) mass is 468 g/mol. The van der Waals surface area contributed by atoms with E-state index in [0.717, 1.165) is 4.90 Å². The second-order valence-electron chi connectivity index (χ2n) is 7.49. The van der Waals surface area contributed by atoms with Gasteiger partial charge in [-0.2, -0.15) is 5.10 Å². The third kappa shape index (κ3) is 5.46. The second-order valence-corrected chi connectivity index (χ2v) is 7.49. The average molecular weight is 468 g/mol. The van der Waals surface area contributed by atoms with E-state index in [1.54, 1.807) is 24.3 Å². The molecule has 0 spiro atoms. The number of benzene rings is 2. The van der Waals surface area contributed by atoms with Gasteiger partial charge in [0, 0.05) is 18.8 Å². The maximum atomic E-state index is 13.0. The maximum absolute atomic E-state index is 13.0. The van der Waals surface area contributed by atoms with Gasteiger partial charge in [0.15, 0.2) is 0 Å². The number of halogens is 1. The number of carbonyl (C=O) groups is 3. The predicted octanol–water partition coefficient (Wildman–Crippen LogP) is 2.04. The van der Waals surface area contributed by atoms with E-state index in [1.165, 1.54) is 46.5 Å². The van der Waals surface area contributed by atoms with Gasteiger partial charge in [-0.3, -0.25) is 9.59 Å². The lowest BCUT2D eigenvalue weighted by molar-refractivity contribution is -0.142. The molecular weight excluding hydrogens is 447 g/mol. The van der Waals surface area contributed by atoms with Crippen molar-refractivity contribution in [2.24, 2.45) is 0 Å². The molecule has 3 amide bonds. The summed E-state index contributed by atoms with van der Waals surface area (Å²) in [5.74, 6) is -0.341. The van der Waals surface area contributed by atoms with Crippen LogP contribution < -0.4 is 10.1 Å². The fraction of sp³-hybridized carbons (Fsp3) is 0.227. The molecule has 1 unspecified atom stereocenters. The quantitative estimate of drug-likeness (QED) is 0.566. The molecule has 0 saturated carbocycles. The molecule has 34 heavy (non-hydrogen) atoms. The van der Waals surface area contributed by atoms with Crippen LogP contribution >= 0.6 is 0 Å². The van der Waals surface area contributed by atoms with Gasteiger partial charge in [-0.1, -0.05) is 0 Å². The van der Waals surface area contributed by atoms with Crippen LogP contribution in [0.25, 0.3) is 0 Å². The van der Waals surface area contributed by atoms with Crippen molar-refractivity contribution in [1.29, 1.82) is 0 Å². The molecule has 11 nitrogen and oxygen atoms in total. The van der Waals surface area contributed by atoms with E-state index in [0.29, 0.717) is 17.2 Å². The lowest BCUT2D eigenvalue weighted by Gasteiger charge is -2.39. The first-order valence-electron chi connectivity index (χ1n) is 10.3. The van der Waals surface area contributed by atoms with Crippen molar-refractivity contribution in [2.45, 2.75) is 12.6 Å². The Morgan fingerprint density at radius 3 is 2.35 bits per heavy atom. The topological polar surface area (TPSA) is 130 Å². The van der Waals surface area contributed by atoms with Gasteiger partial charge in [-0.15, -0.1) is 0 Å². The number of nitrogens with one attached hydrogen (secondary N) is 1. The van der Waals surface area contributed by atoms with E-state index < -0.39 is 18.0 Å². The third-order valence-corrected chi connectivity index (χ3v) is 5.21. The van der Waals surface area contributed by atoms with E-state index in [2.05, 4.69) is 15.4 Å². The first-order chi connectivity index (χ1) is 16.4. The van der Waals surface area contributed by atoms with Gasteiger partial charge in [-0.25, -0.2) is 18.9 Å². The molecule has 1 saturated heterocycles. The van der Waals surface area contributed by atoms with Crippen molar-refractivity contribution >= 4 is 23.6 Å². The maximum Gasteiger partial charge on any atom is 0.407 e. The molecular formula is C22H21FN6O5. The van der Waals surface area contributed by atoms with Gasteiger partial charge >= 0.3 is 6.09 Å². The van der Waals surface area contributed by atoms with Crippen molar-refractivity contribution < 1.29 is 28.6 Å². The fourth-order valence-corrected chi connectivity index (χ4v) is 3.49. The number of amides is 3. The number of carboxylic acid groups (broad SMARTS) is 1. The molecule has 2 heterocycles. The number of rotatable bonds is 6. The van der Waals surface area contributed by atoms with Gasteiger partial charge in [0.05, 0.1) is 6.54 Å². The van der Waals surface area contributed by atoms with E-state index in [-0.39, 0.29) is 37.9 Å². The number of nitrogens with zero attached hydrogens (tertiary/aromatic N) is 5. The lowest BCUT2D eigenvalue weighted by Crippen LogP contribution is -2.60. The Morgan fingerprint density at radius 1 is 1.06 bits per heavy atom. The van der Waals surface area contributed by atoms with Crippen LogP contribution in [0.4, 0.5) is 14.9 Å². The minimum atomic E-state index is -1.16. The molecule has 1 fully saturated rings. The number of hydrogen-bond acceptors (Lipinski definition) is 6. The summed E-state index contributed by atoms with van der Waals surface area (Å²) in [5.41, 5.74) is 0.438. The van der Waals surface area contributed by atoms with Gasteiger partial charge < -0.3 is 25.0 Å². The largest absolute Gasteiger partial charge is 0.465 e. The first kappa shape index (κ1) is 22.7. The Hall–Kier alpha value is -4.48. The van der Waals surface area contributed by atoms with Crippen molar-refractivity contribution in [1.82, 2.24) is 24.6 Å². The van der Waals surface area contributed by atoms with Crippen LogP contribution in [0.5, 0.6) is 11.5 Å². The molecule has 0 radical (unpaired) electrons. The third-order valence-electron chi connectivity index (χ3n) is 5.21. The Balaban J connectivity index is 1.43. The van der Waals surface area contributed by atoms with Gasteiger partial charge in [-0.05, 0) is 48.5 Å². The summed E-state index contributed by atoms with van der Waals surface area (Å²) in [7, 11) is 0. The van der Waals surface area contributed by atoms with Gasteiger partial charge in [0.1, 0.15) is 42.6 Å². The highest BCUT2D eigenvalue weighted by Gasteiger charge is 2.37. The fourth-order valence-electron chi connectivity index (χ4n) is 3.49. The van der Waals surface area contributed by atoms with Crippen LogP contribution in [0, 0.1) is 5.82 Å². The van der Waals surface area contributed by atoms with Crippen molar-refractivity contribution in [2.75, 3.05) is 25.0 Å². The van der Waals surface area contributed by atoms with E-state index in [1.807, 2.05) is 0 Å². The number of ether oxygens (including phenoxy) is 1. The Morgan fingerprint density at radius 2 is 1.74 bits per heavy atom. The molecule has 0 bridgehead atoms. The highest BCUT2D eigenvalue weighted by atomic mass is 19.1. The SMILES string of the molecule is O=C(Nc1ccc(Oc2ccc(F)cc2)cc1)C1CN(C(=O)O)CCN1C(=O)Cn1cncn1. The zero-order chi connectivity index (χ0) is 24.1. The summed E-state index contributed by atoms with van der Waals surface area (Å²) < 4.78 is 20.0. The van der Waals surface area contributed by atoms with Crippen molar-refractivity contribution in [3.8, 4) is 11.5 Å². The van der Waals surface area contributed by atoms with Crippen LogP contribution in [0.3, 0.4) is 0 Å². The molecule has 3 aromatic rings. The minimum Gasteiger partial charge on any atom is -0.465 e.